The Morgan fingerprint density at radius 2 is 2.17 bits per heavy atom. The molecule has 18 heavy (non-hydrogen) atoms. The van der Waals surface area contributed by atoms with Crippen molar-refractivity contribution in [2.24, 2.45) is 11.7 Å². The number of amides is 1. The molecule has 0 radical (unpaired) electrons. The number of nitrogens with two attached hydrogens (primary N) is 1. The molecule has 0 saturated heterocycles. The molecule has 0 fully saturated rings. The van der Waals surface area contributed by atoms with E-state index < -0.39 is 5.91 Å². The van der Waals surface area contributed by atoms with E-state index in [9.17, 15) is 9.90 Å². The molecular formula is C14H22N2O2. The van der Waals surface area contributed by atoms with Gasteiger partial charge in [0.1, 0.15) is 0 Å². The Labute approximate surface area is 108 Å². The Balaban J connectivity index is 2.39. The lowest BCUT2D eigenvalue weighted by molar-refractivity contribution is 0.1000. The van der Waals surface area contributed by atoms with E-state index in [0.29, 0.717) is 18.0 Å². The van der Waals surface area contributed by atoms with Gasteiger partial charge in [-0.15, -0.1) is 0 Å². The number of hydrogen-bond donors (Lipinski definition) is 3. The highest BCUT2D eigenvalue weighted by atomic mass is 16.3. The number of primary amides is 1. The molecule has 4 nitrogen and oxygen atoms in total. The first kappa shape index (κ1) is 14.7. The molecule has 4 heteroatoms. The lowest BCUT2D eigenvalue weighted by Crippen LogP contribution is -2.23. The number of rotatable bonds is 7. The summed E-state index contributed by atoms with van der Waals surface area (Å²) in [6.45, 7) is 5.43. The molecule has 4 N–H and O–H groups in total. The minimum atomic E-state index is -0.403. The molecule has 0 saturated carbocycles. The Morgan fingerprint density at radius 3 is 2.78 bits per heavy atom. The van der Waals surface area contributed by atoms with E-state index in [1.165, 1.54) is 0 Å². The Hall–Kier alpha value is -1.39. The van der Waals surface area contributed by atoms with Gasteiger partial charge in [-0.3, -0.25) is 4.79 Å². The molecule has 0 heterocycles. The zero-order valence-electron chi connectivity index (χ0n) is 11.0. The molecule has 0 aliphatic rings. The first-order valence-corrected chi connectivity index (χ1v) is 6.26. The van der Waals surface area contributed by atoms with Crippen LogP contribution in [0.15, 0.2) is 24.3 Å². The zero-order chi connectivity index (χ0) is 13.5. The fourth-order valence-corrected chi connectivity index (χ4v) is 1.96. The second kappa shape index (κ2) is 7.13. The third kappa shape index (κ3) is 5.29. The van der Waals surface area contributed by atoms with Crippen molar-refractivity contribution in [3.8, 4) is 0 Å². The van der Waals surface area contributed by atoms with Crippen molar-refractivity contribution in [3.63, 3.8) is 0 Å². The van der Waals surface area contributed by atoms with Gasteiger partial charge in [0.2, 0.25) is 5.91 Å². The highest BCUT2D eigenvalue weighted by molar-refractivity contribution is 5.92. The van der Waals surface area contributed by atoms with Crippen molar-refractivity contribution in [1.29, 1.82) is 0 Å². The van der Waals surface area contributed by atoms with Crippen LogP contribution in [0.4, 0.5) is 0 Å². The number of carbonyl (C=O) groups is 1. The van der Waals surface area contributed by atoms with Crippen LogP contribution in [0.5, 0.6) is 0 Å². The first-order chi connectivity index (χ1) is 8.49. The predicted molar refractivity (Wildman–Crippen MR) is 72.1 cm³/mol. The average Bonchev–Trinajstić information content (AvgIpc) is 2.28. The molecule has 0 aliphatic heterocycles. The molecule has 100 valence electrons. The van der Waals surface area contributed by atoms with Crippen LogP contribution in [-0.2, 0) is 6.54 Å². The highest BCUT2D eigenvalue weighted by Crippen LogP contribution is 2.07. The van der Waals surface area contributed by atoms with Gasteiger partial charge in [-0.1, -0.05) is 19.1 Å². The van der Waals surface area contributed by atoms with Crippen LogP contribution in [0.1, 0.15) is 36.2 Å². The van der Waals surface area contributed by atoms with E-state index in [1.807, 2.05) is 12.1 Å². The Morgan fingerprint density at radius 1 is 1.44 bits per heavy atom. The molecule has 0 spiro atoms. The monoisotopic (exact) mass is 250 g/mol. The van der Waals surface area contributed by atoms with Crippen molar-refractivity contribution in [2.75, 3.05) is 6.54 Å². The van der Waals surface area contributed by atoms with Crippen LogP contribution in [0, 0.1) is 5.92 Å². The van der Waals surface area contributed by atoms with Gasteiger partial charge in [0.05, 0.1) is 6.10 Å². The maximum Gasteiger partial charge on any atom is 0.248 e. The fraction of sp³-hybridized carbons (Fsp3) is 0.500. The van der Waals surface area contributed by atoms with Gasteiger partial charge < -0.3 is 16.2 Å². The maximum absolute atomic E-state index is 11.0. The van der Waals surface area contributed by atoms with Crippen molar-refractivity contribution in [2.45, 2.75) is 32.9 Å². The van der Waals surface area contributed by atoms with Crippen LogP contribution < -0.4 is 11.1 Å². The van der Waals surface area contributed by atoms with Crippen LogP contribution in [0.25, 0.3) is 0 Å². The topological polar surface area (TPSA) is 75.3 Å². The van der Waals surface area contributed by atoms with E-state index in [0.717, 1.165) is 18.5 Å². The van der Waals surface area contributed by atoms with Gasteiger partial charge in [0.15, 0.2) is 0 Å². The molecule has 1 amide bonds. The summed E-state index contributed by atoms with van der Waals surface area (Å²) >= 11 is 0. The van der Waals surface area contributed by atoms with Gasteiger partial charge in [-0.05, 0) is 43.5 Å². The summed E-state index contributed by atoms with van der Waals surface area (Å²) < 4.78 is 0. The molecule has 0 aromatic heterocycles. The number of nitrogens with one attached hydrogen (secondary N) is 1. The van der Waals surface area contributed by atoms with Gasteiger partial charge in [-0.2, -0.15) is 0 Å². The largest absolute Gasteiger partial charge is 0.393 e. The minimum Gasteiger partial charge on any atom is -0.393 e. The van der Waals surface area contributed by atoms with Gasteiger partial charge in [-0.25, -0.2) is 0 Å². The SMILES string of the molecule is CC(O)CC(C)CNCc1cccc(C(N)=O)c1. The molecule has 0 aliphatic carbocycles. The molecule has 2 unspecified atom stereocenters. The summed E-state index contributed by atoms with van der Waals surface area (Å²) in [4.78, 5) is 11.0. The lowest BCUT2D eigenvalue weighted by Gasteiger charge is -2.14. The number of aliphatic hydroxyl groups excluding tert-OH is 1. The number of hydrogen-bond acceptors (Lipinski definition) is 3. The van der Waals surface area contributed by atoms with Crippen LogP contribution in [-0.4, -0.2) is 23.7 Å². The first-order valence-electron chi connectivity index (χ1n) is 6.26. The summed E-state index contributed by atoms with van der Waals surface area (Å²) in [5.74, 6) is 0.0173. The highest BCUT2D eigenvalue weighted by Gasteiger charge is 2.06. The molecule has 1 aromatic carbocycles. The second-order valence-corrected chi connectivity index (χ2v) is 4.89. The van der Waals surface area contributed by atoms with Gasteiger partial charge in [0, 0.05) is 12.1 Å². The van der Waals surface area contributed by atoms with E-state index in [4.69, 9.17) is 5.73 Å². The minimum absolute atomic E-state index is 0.264. The Bertz CT molecular complexity index is 391. The van der Waals surface area contributed by atoms with Crippen molar-refractivity contribution < 1.29 is 9.90 Å². The average molecular weight is 250 g/mol. The summed E-state index contributed by atoms with van der Waals surface area (Å²) in [7, 11) is 0. The predicted octanol–water partition coefficient (Wildman–Crippen LogP) is 1.28. The molecule has 2 atom stereocenters. The van der Waals surface area contributed by atoms with Crippen LogP contribution in [0.3, 0.4) is 0 Å². The summed E-state index contributed by atoms with van der Waals surface area (Å²) in [5, 5.41) is 12.6. The van der Waals surface area contributed by atoms with Crippen molar-refractivity contribution in [3.05, 3.63) is 35.4 Å². The second-order valence-electron chi connectivity index (χ2n) is 4.89. The van der Waals surface area contributed by atoms with Crippen molar-refractivity contribution >= 4 is 5.91 Å². The summed E-state index contributed by atoms with van der Waals surface area (Å²) in [6.07, 6.45) is 0.522. The smallest absolute Gasteiger partial charge is 0.248 e. The lowest BCUT2D eigenvalue weighted by atomic mass is 10.0. The van der Waals surface area contributed by atoms with E-state index in [1.54, 1.807) is 19.1 Å². The van der Waals surface area contributed by atoms with E-state index >= 15 is 0 Å². The Kier molecular flexibility index (Phi) is 5.82. The van der Waals surface area contributed by atoms with Gasteiger partial charge in [0.25, 0.3) is 0 Å². The normalized spacial score (nSPS) is 14.2. The number of benzene rings is 1. The third-order valence-corrected chi connectivity index (χ3v) is 2.78. The maximum atomic E-state index is 11.0. The van der Waals surface area contributed by atoms with E-state index in [2.05, 4.69) is 12.2 Å². The molecule has 0 bridgehead atoms. The third-order valence-electron chi connectivity index (χ3n) is 2.78. The van der Waals surface area contributed by atoms with Crippen LogP contribution in [0.2, 0.25) is 0 Å². The molecule has 1 rings (SSSR count). The van der Waals surface area contributed by atoms with E-state index in [-0.39, 0.29) is 6.10 Å². The quantitative estimate of drug-likeness (QED) is 0.682. The molecular weight excluding hydrogens is 228 g/mol. The van der Waals surface area contributed by atoms with Crippen LogP contribution >= 0.6 is 0 Å². The fourth-order valence-electron chi connectivity index (χ4n) is 1.96. The standard InChI is InChI=1S/C14H22N2O2/c1-10(6-11(2)17)8-16-9-12-4-3-5-13(7-12)14(15)18/h3-5,7,10-11,16-17H,6,8-9H2,1-2H3,(H2,15,18). The molecule has 1 aromatic rings. The zero-order valence-corrected chi connectivity index (χ0v) is 11.0. The van der Waals surface area contributed by atoms with Crippen molar-refractivity contribution in [1.82, 2.24) is 5.32 Å². The summed E-state index contributed by atoms with van der Waals surface area (Å²) in [6, 6.07) is 7.30. The summed E-state index contributed by atoms with van der Waals surface area (Å²) in [5.41, 5.74) is 6.80. The number of carbonyl (C=O) groups excluding carboxylic acids is 1. The van der Waals surface area contributed by atoms with Gasteiger partial charge >= 0.3 is 0 Å². The number of aliphatic hydroxyl groups is 1.